The summed E-state index contributed by atoms with van der Waals surface area (Å²) >= 11 is 1.55. The molecule has 37 heavy (non-hydrogen) atoms. The molecule has 0 radical (unpaired) electrons. The molecule has 1 aliphatic carbocycles. The van der Waals surface area contributed by atoms with E-state index in [2.05, 4.69) is 22.3 Å². The second-order valence-corrected chi connectivity index (χ2v) is 12.0. The average Bonchev–Trinajstić information content (AvgIpc) is 3.66. The number of ether oxygens (including phenoxy) is 1. The lowest BCUT2D eigenvalue weighted by Crippen LogP contribution is -2.58. The molecule has 7 nitrogen and oxygen atoms in total. The first-order valence-corrected chi connectivity index (χ1v) is 14.2. The molecular weight excluding hydrogens is 484 g/mol. The maximum atomic E-state index is 12.7. The number of carbonyl (C=O) groups excluding carboxylic acids is 1. The van der Waals surface area contributed by atoms with Crippen LogP contribution in [0.2, 0.25) is 0 Å². The zero-order valence-electron chi connectivity index (χ0n) is 20.9. The number of aromatic nitrogens is 1. The predicted molar refractivity (Wildman–Crippen MR) is 145 cm³/mol. The van der Waals surface area contributed by atoms with E-state index in [1.165, 1.54) is 0 Å². The Hall–Kier alpha value is -2.94. The fourth-order valence-corrected chi connectivity index (χ4v) is 7.08. The first kappa shape index (κ1) is 23.2. The lowest BCUT2D eigenvalue weighted by atomic mass is 9.73. The smallest absolute Gasteiger partial charge is 0.261 e. The van der Waals surface area contributed by atoms with E-state index in [-0.39, 0.29) is 5.91 Å². The number of rotatable bonds is 5. The van der Waals surface area contributed by atoms with Gasteiger partial charge in [0, 0.05) is 60.4 Å². The molecule has 1 spiro atoms. The van der Waals surface area contributed by atoms with E-state index in [0.717, 1.165) is 90.8 Å². The van der Waals surface area contributed by atoms with Gasteiger partial charge in [0.1, 0.15) is 5.82 Å². The second-order valence-electron chi connectivity index (χ2n) is 10.9. The van der Waals surface area contributed by atoms with E-state index in [0.29, 0.717) is 23.7 Å². The first-order valence-electron chi connectivity index (χ1n) is 13.4. The fraction of sp³-hybridized carbons (Fsp3) is 0.448. The largest absolute Gasteiger partial charge is 0.381 e. The highest BCUT2D eigenvalue weighted by Crippen LogP contribution is 2.44. The summed E-state index contributed by atoms with van der Waals surface area (Å²) in [5.41, 5.74) is 4.23. The molecule has 3 aliphatic heterocycles. The Morgan fingerprint density at radius 3 is 2.76 bits per heavy atom. The number of benzene rings is 1. The Labute approximate surface area is 221 Å². The lowest BCUT2D eigenvalue weighted by molar-refractivity contribution is -0.000489. The number of aliphatic hydroxyl groups excluding tert-OH is 1. The molecule has 2 N–H and O–H groups in total. The van der Waals surface area contributed by atoms with Crippen molar-refractivity contribution in [3.05, 3.63) is 64.7 Å². The van der Waals surface area contributed by atoms with E-state index < -0.39 is 6.23 Å². The van der Waals surface area contributed by atoms with E-state index in [1.54, 1.807) is 11.3 Å². The zero-order chi connectivity index (χ0) is 25.0. The minimum Gasteiger partial charge on any atom is -0.381 e. The van der Waals surface area contributed by atoms with Gasteiger partial charge in [-0.25, -0.2) is 4.98 Å². The van der Waals surface area contributed by atoms with Crippen LogP contribution in [0.15, 0.2) is 48.5 Å². The topological polar surface area (TPSA) is 77.9 Å². The van der Waals surface area contributed by atoms with Gasteiger partial charge in [0.15, 0.2) is 6.23 Å². The van der Waals surface area contributed by atoms with Crippen LogP contribution in [0.5, 0.6) is 0 Å². The Bertz CT molecular complexity index is 1320. The molecule has 0 bridgehead atoms. The third-order valence-corrected chi connectivity index (χ3v) is 9.48. The quantitative estimate of drug-likeness (QED) is 0.524. The third-order valence-electron chi connectivity index (χ3n) is 8.27. The number of aliphatic hydroxyl groups is 1. The molecule has 192 valence electrons. The van der Waals surface area contributed by atoms with Crippen molar-refractivity contribution in [3.8, 4) is 10.4 Å². The molecule has 2 aromatic heterocycles. The Balaban J connectivity index is 1.14. The Kier molecular flexibility index (Phi) is 5.71. The fourth-order valence-electron chi connectivity index (χ4n) is 5.94. The van der Waals surface area contributed by atoms with Gasteiger partial charge in [-0.2, -0.15) is 0 Å². The third kappa shape index (κ3) is 4.31. The minimum atomic E-state index is -0.856. The van der Waals surface area contributed by atoms with Crippen LogP contribution in [-0.4, -0.2) is 54.9 Å². The van der Waals surface area contributed by atoms with Gasteiger partial charge < -0.3 is 25.0 Å². The number of fused-ring (bicyclic) bond motifs is 3. The number of nitrogens with one attached hydrogen (secondary N) is 1. The summed E-state index contributed by atoms with van der Waals surface area (Å²) < 4.78 is 5.56. The van der Waals surface area contributed by atoms with Crippen molar-refractivity contribution in [1.29, 1.82) is 0 Å². The van der Waals surface area contributed by atoms with Crippen LogP contribution in [0.25, 0.3) is 10.4 Å². The molecule has 3 aromatic rings. The van der Waals surface area contributed by atoms with Crippen LogP contribution >= 0.6 is 11.3 Å². The summed E-state index contributed by atoms with van der Waals surface area (Å²) in [6.07, 6.45) is 4.29. The van der Waals surface area contributed by atoms with Crippen LogP contribution in [0, 0.1) is 5.41 Å². The molecule has 1 aromatic carbocycles. The van der Waals surface area contributed by atoms with Crippen LogP contribution in [0.4, 0.5) is 11.5 Å². The van der Waals surface area contributed by atoms with Crippen LogP contribution < -0.4 is 15.1 Å². The number of hydrogen-bond donors (Lipinski definition) is 2. The molecule has 1 atom stereocenters. The van der Waals surface area contributed by atoms with Crippen LogP contribution in [-0.2, 0) is 11.2 Å². The summed E-state index contributed by atoms with van der Waals surface area (Å²) in [6.45, 7) is 4.36. The summed E-state index contributed by atoms with van der Waals surface area (Å²) in [6, 6.07) is 16.5. The number of pyridine rings is 1. The van der Waals surface area contributed by atoms with Gasteiger partial charge in [-0.05, 0) is 61.9 Å². The number of nitrogens with zero attached hydrogens (tertiary/aromatic N) is 3. The molecule has 3 fully saturated rings. The van der Waals surface area contributed by atoms with Crippen molar-refractivity contribution in [3.63, 3.8) is 0 Å². The van der Waals surface area contributed by atoms with Crippen molar-refractivity contribution in [2.45, 2.75) is 44.4 Å². The van der Waals surface area contributed by atoms with Gasteiger partial charge in [0.25, 0.3) is 5.91 Å². The molecule has 8 heteroatoms. The molecule has 1 unspecified atom stereocenters. The standard InChI is InChI=1S/C29H32N4O3S/c34-27(30-20-8-9-20)24-16-19-10-13-33(23-6-2-1-4-21(23)26(19)37-24)28(35)22-5-3-7-25(31-22)32-17-29(18-32)11-14-36-15-12-29/h1-7,16,20,28,35H,8-15,17-18H2,(H,30,34). The number of para-hydroxylation sites is 1. The molecule has 2 saturated heterocycles. The number of amides is 1. The van der Waals surface area contributed by atoms with Gasteiger partial charge in [-0.3, -0.25) is 4.79 Å². The zero-order valence-corrected chi connectivity index (χ0v) is 21.7. The van der Waals surface area contributed by atoms with Crippen LogP contribution in [0.3, 0.4) is 0 Å². The van der Waals surface area contributed by atoms with Crippen molar-refractivity contribution >= 4 is 28.7 Å². The highest BCUT2D eigenvalue weighted by atomic mass is 32.1. The number of thiophene rings is 1. The van der Waals surface area contributed by atoms with Gasteiger partial charge in [0.05, 0.1) is 10.6 Å². The lowest BCUT2D eigenvalue weighted by Gasteiger charge is -2.52. The summed E-state index contributed by atoms with van der Waals surface area (Å²) in [4.78, 5) is 23.9. The SMILES string of the molecule is O=C(NC1CC1)c1cc2c(s1)-c1ccccc1N(C(O)c1cccc(N3CC4(CCOCC4)C3)n1)CC2. The second kappa shape index (κ2) is 9.11. The first-order chi connectivity index (χ1) is 18.1. The van der Waals surface area contributed by atoms with E-state index >= 15 is 0 Å². The van der Waals surface area contributed by atoms with Crippen LogP contribution in [0.1, 0.15) is 52.8 Å². The predicted octanol–water partition coefficient (Wildman–Crippen LogP) is 4.37. The number of anilines is 2. The molecule has 7 rings (SSSR count). The average molecular weight is 517 g/mol. The van der Waals surface area contributed by atoms with Gasteiger partial charge in [-0.15, -0.1) is 11.3 Å². The molecule has 1 saturated carbocycles. The summed E-state index contributed by atoms with van der Waals surface area (Å²) in [5.74, 6) is 0.965. The maximum Gasteiger partial charge on any atom is 0.261 e. The van der Waals surface area contributed by atoms with Gasteiger partial charge in [-0.1, -0.05) is 24.3 Å². The number of carbonyl (C=O) groups is 1. The number of hydrogen-bond acceptors (Lipinski definition) is 7. The Morgan fingerprint density at radius 1 is 1.14 bits per heavy atom. The molecule has 5 heterocycles. The Morgan fingerprint density at radius 2 is 1.95 bits per heavy atom. The van der Waals surface area contributed by atoms with E-state index in [1.807, 2.05) is 41.3 Å². The van der Waals surface area contributed by atoms with Crippen molar-refractivity contribution < 1.29 is 14.6 Å². The highest BCUT2D eigenvalue weighted by Gasteiger charge is 2.44. The highest BCUT2D eigenvalue weighted by molar-refractivity contribution is 7.17. The monoisotopic (exact) mass is 516 g/mol. The summed E-state index contributed by atoms with van der Waals surface area (Å²) in [5, 5.41) is 14.7. The van der Waals surface area contributed by atoms with E-state index in [4.69, 9.17) is 9.72 Å². The molecular formula is C29H32N4O3S. The van der Waals surface area contributed by atoms with Gasteiger partial charge in [0.2, 0.25) is 0 Å². The van der Waals surface area contributed by atoms with E-state index in [9.17, 15) is 9.90 Å². The van der Waals surface area contributed by atoms with Gasteiger partial charge >= 0.3 is 0 Å². The maximum absolute atomic E-state index is 12.7. The molecule has 4 aliphatic rings. The summed E-state index contributed by atoms with van der Waals surface area (Å²) in [7, 11) is 0. The van der Waals surface area contributed by atoms with Crippen molar-refractivity contribution in [2.75, 3.05) is 42.6 Å². The van der Waals surface area contributed by atoms with Crippen molar-refractivity contribution in [1.82, 2.24) is 10.3 Å². The normalized spacial score (nSPS) is 21.0. The van der Waals surface area contributed by atoms with Crippen molar-refractivity contribution in [2.24, 2.45) is 5.41 Å². The molecule has 1 amide bonds. The minimum absolute atomic E-state index is 0.0319.